The first-order valence-corrected chi connectivity index (χ1v) is 7.99. The standard InChI is InChI=1S/C18H25NO3/c1-21-16-7-14(8-17(9-16)22-2)18(20)11-19-10-15-6-12-3-4-13(15)5-12/h3-4,7-9,12-13,15,18-20H,5-6,10-11H2,1-2H3. The molecule has 1 aromatic rings. The van der Waals surface area contributed by atoms with Crippen molar-refractivity contribution in [2.24, 2.45) is 17.8 Å². The summed E-state index contributed by atoms with van der Waals surface area (Å²) in [6, 6.07) is 5.52. The van der Waals surface area contributed by atoms with E-state index < -0.39 is 6.10 Å². The molecule has 2 aliphatic carbocycles. The summed E-state index contributed by atoms with van der Waals surface area (Å²) < 4.78 is 10.5. The lowest BCUT2D eigenvalue weighted by Crippen LogP contribution is -2.29. The van der Waals surface area contributed by atoms with Crippen LogP contribution in [0.4, 0.5) is 0 Å². The minimum absolute atomic E-state index is 0.550. The Bertz CT molecular complexity index is 521. The summed E-state index contributed by atoms with van der Waals surface area (Å²) in [7, 11) is 3.23. The maximum absolute atomic E-state index is 10.4. The van der Waals surface area contributed by atoms with E-state index in [1.165, 1.54) is 12.8 Å². The molecule has 0 aliphatic heterocycles. The zero-order valence-electron chi connectivity index (χ0n) is 13.3. The van der Waals surface area contributed by atoms with E-state index in [0.717, 1.165) is 29.9 Å². The second kappa shape index (κ2) is 6.71. The molecule has 0 amide bonds. The van der Waals surface area contributed by atoms with Crippen LogP contribution in [-0.4, -0.2) is 32.4 Å². The summed E-state index contributed by atoms with van der Waals surface area (Å²) in [6.45, 7) is 1.53. The zero-order chi connectivity index (χ0) is 15.5. The van der Waals surface area contributed by atoms with Gasteiger partial charge in [-0.25, -0.2) is 0 Å². The fraction of sp³-hybridized carbons (Fsp3) is 0.556. The van der Waals surface area contributed by atoms with Crippen LogP contribution in [0.5, 0.6) is 11.5 Å². The summed E-state index contributed by atoms with van der Waals surface area (Å²) in [4.78, 5) is 0. The van der Waals surface area contributed by atoms with Crippen LogP contribution < -0.4 is 14.8 Å². The molecule has 4 atom stereocenters. The number of allylic oxidation sites excluding steroid dienone is 2. The van der Waals surface area contributed by atoms with Crippen molar-refractivity contribution in [3.8, 4) is 11.5 Å². The molecule has 0 saturated heterocycles. The number of rotatable bonds is 7. The summed E-state index contributed by atoms with van der Waals surface area (Å²) >= 11 is 0. The molecule has 22 heavy (non-hydrogen) atoms. The SMILES string of the molecule is COc1cc(OC)cc(C(O)CNCC2CC3C=CC2C3)c1. The van der Waals surface area contributed by atoms with Gasteiger partial charge in [-0.05, 0) is 54.8 Å². The molecule has 120 valence electrons. The van der Waals surface area contributed by atoms with Crippen molar-refractivity contribution in [1.29, 1.82) is 0 Å². The lowest BCUT2D eigenvalue weighted by Gasteiger charge is -2.20. The molecule has 1 aromatic carbocycles. The maximum Gasteiger partial charge on any atom is 0.122 e. The predicted octanol–water partition coefficient (Wildman–Crippen LogP) is 2.54. The quantitative estimate of drug-likeness (QED) is 0.760. The highest BCUT2D eigenvalue weighted by Gasteiger charge is 2.35. The third kappa shape index (κ3) is 3.28. The number of fused-ring (bicyclic) bond motifs is 2. The number of ether oxygens (including phenoxy) is 2. The third-order valence-corrected chi connectivity index (χ3v) is 4.92. The van der Waals surface area contributed by atoms with E-state index in [4.69, 9.17) is 9.47 Å². The summed E-state index contributed by atoms with van der Waals surface area (Å²) in [5, 5.41) is 13.8. The number of methoxy groups -OCH3 is 2. The largest absolute Gasteiger partial charge is 0.497 e. The second-order valence-corrected chi connectivity index (χ2v) is 6.36. The molecular formula is C18H25NO3. The zero-order valence-corrected chi connectivity index (χ0v) is 13.3. The van der Waals surface area contributed by atoms with E-state index in [-0.39, 0.29) is 0 Å². The van der Waals surface area contributed by atoms with Gasteiger partial charge in [-0.1, -0.05) is 12.2 Å². The third-order valence-electron chi connectivity index (χ3n) is 4.92. The topological polar surface area (TPSA) is 50.7 Å². The highest BCUT2D eigenvalue weighted by Crippen LogP contribution is 2.42. The monoisotopic (exact) mass is 303 g/mol. The first kappa shape index (κ1) is 15.4. The van der Waals surface area contributed by atoms with Crippen LogP contribution in [0.15, 0.2) is 30.4 Å². The molecule has 0 heterocycles. The van der Waals surface area contributed by atoms with Crippen LogP contribution in [0.3, 0.4) is 0 Å². The van der Waals surface area contributed by atoms with Crippen molar-refractivity contribution >= 4 is 0 Å². The van der Waals surface area contributed by atoms with Crippen molar-refractivity contribution in [3.63, 3.8) is 0 Å². The van der Waals surface area contributed by atoms with Crippen LogP contribution in [0.1, 0.15) is 24.5 Å². The van der Waals surface area contributed by atoms with Crippen LogP contribution in [-0.2, 0) is 0 Å². The fourth-order valence-corrected chi connectivity index (χ4v) is 3.67. The van der Waals surface area contributed by atoms with Crippen molar-refractivity contribution in [2.45, 2.75) is 18.9 Å². The Labute approximate surface area is 132 Å². The Morgan fingerprint density at radius 2 is 1.86 bits per heavy atom. The summed E-state index contributed by atoms with van der Waals surface area (Å²) in [5.41, 5.74) is 0.816. The van der Waals surface area contributed by atoms with Gasteiger partial charge in [-0.15, -0.1) is 0 Å². The molecule has 4 heteroatoms. The van der Waals surface area contributed by atoms with Gasteiger partial charge in [0.05, 0.1) is 20.3 Å². The Kier molecular flexibility index (Phi) is 4.69. The van der Waals surface area contributed by atoms with Gasteiger partial charge in [0.2, 0.25) is 0 Å². The number of nitrogens with one attached hydrogen (secondary N) is 1. The first-order valence-electron chi connectivity index (χ1n) is 7.99. The van der Waals surface area contributed by atoms with Crippen LogP contribution in [0, 0.1) is 17.8 Å². The Morgan fingerprint density at radius 3 is 2.41 bits per heavy atom. The van der Waals surface area contributed by atoms with Crippen LogP contribution in [0.2, 0.25) is 0 Å². The smallest absolute Gasteiger partial charge is 0.122 e. The maximum atomic E-state index is 10.4. The van der Waals surface area contributed by atoms with E-state index in [9.17, 15) is 5.11 Å². The lowest BCUT2D eigenvalue weighted by atomic mass is 9.93. The first-order chi connectivity index (χ1) is 10.7. The van der Waals surface area contributed by atoms with Gasteiger partial charge in [0, 0.05) is 12.6 Å². The molecule has 2 N–H and O–H groups in total. The van der Waals surface area contributed by atoms with Gasteiger partial charge < -0.3 is 19.9 Å². The summed E-state index contributed by atoms with van der Waals surface area (Å²) in [5.74, 6) is 3.66. The molecular weight excluding hydrogens is 278 g/mol. The molecule has 2 aliphatic rings. The minimum atomic E-state index is -0.557. The molecule has 1 fully saturated rings. The van der Waals surface area contributed by atoms with E-state index in [1.807, 2.05) is 18.2 Å². The van der Waals surface area contributed by atoms with Gasteiger partial charge in [0.25, 0.3) is 0 Å². The fourth-order valence-electron chi connectivity index (χ4n) is 3.67. The van der Waals surface area contributed by atoms with E-state index >= 15 is 0 Å². The number of aliphatic hydroxyl groups excluding tert-OH is 1. The Hall–Kier alpha value is -1.52. The average molecular weight is 303 g/mol. The van der Waals surface area contributed by atoms with E-state index in [1.54, 1.807) is 14.2 Å². The molecule has 0 aromatic heterocycles. The van der Waals surface area contributed by atoms with Gasteiger partial charge in [-0.2, -0.15) is 0 Å². The van der Waals surface area contributed by atoms with Gasteiger partial charge in [0.15, 0.2) is 0 Å². The highest BCUT2D eigenvalue weighted by atomic mass is 16.5. The number of benzene rings is 1. The molecule has 4 nitrogen and oxygen atoms in total. The minimum Gasteiger partial charge on any atom is -0.497 e. The van der Waals surface area contributed by atoms with Gasteiger partial charge >= 0.3 is 0 Å². The number of aliphatic hydroxyl groups is 1. The van der Waals surface area contributed by atoms with Crippen molar-refractivity contribution in [3.05, 3.63) is 35.9 Å². The Morgan fingerprint density at radius 1 is 1.14 bits per heavy atom. The highest BCUT2D eigenvalue weighted by molar-refractivity contribution is 5.39. The molecule has 2 bridgehead atoms. The molecule has 3 rings (SSSR count). The molecule has 0 spiro atoms. The molecule has 4 unspecified atom stereocenters. The normalized spacial score (nSPS) is 27.1. The molecule has 1 saturated carbocycles. The number of hydrogen-bond donors (Lipinski definition) is 2. The predicted molar refractivity (Wildman–Crippen MR) is 86.2 cm³/mol. The summed E-state index contributed by atoms with van der Waals surface area (Å²) in [6.07, 6.45) is 6.78. The van der Waals surface area contributed by atoms with Crippen LogP contribution >= 0.6 is 0 Å². The molecule has 0 radical (unpaired) electrons. The number of hydrogen-bond acceptors (Lipinski definition) is 4. The van der Waals surface area contributed by atoms with Crippen molar-refractivity contribution in [1.82, 2.24) is 5.32 Å². The second-order valence-electron chi connectivity index (χ2n) is 6.36. The average Bonchev–Trinajstić information content (AvgIpc) is 3.17. The van der Waals surface area contributed by atoms with Crippen molar-refractivity contribution < 1.29 is 14.6 Å². The lowest BCUT2D eigenvalue weighted by molar-refractivity contribution is 0.171. The van der Waals surface area contributed by atoms with Gasteiger partial charge in [-0.3, -0.25) is 0 Å². The van der Waals surface area contributed by atoms with Crippen molar-refractivity contribution in [2.75, 3.05) is 27.3 Å². The Balaban J connectivity index is 1.53. The van der Waals surface area contributed by atoms with Gasteiger partial charge in [0.1, 0.15) is 11.5 Å². The van der Waals surface area contributed by atoms with E-state index in [2.05, 4.69) is 17.5 Å². The van der Waals surface area contributed by atoms with Crippen LogP contribution in [0.25, 0.3) is 0 Å². The van der Waals surface area contributed by atoms with E-state index in [0.29, 0.717) is 18.0 Å².